The quantitative estimate of drug-likeness (QED) is 0.484. The summed E-state index contributed by atoms with van der Waals surface area (Å²) in [6.07, 6.45) is -4.57. The van der Waals surface area contributed by atoms with Gasteiger partial charge in [-0.05, 0) is 36.2 Å². The van der Waals surface area contributed by atoms with Crippen LogP contribution in [0.1, 0.15) is 11.1 Å². The molecule has 11 heteroatoms. The Balaban J connectivity index is 2.00. The van der Waals surface area contributed by atoms with Crippen LogP contribution in [0.3, 0.4) is 0 Å². The first-order chi connectivity index (χ1) is 15.0. The van der Waals surface area contributed by atoms with Crippen molar-refractivity contribution in [2.24, 2.45) is 0 Å². The molecule has 0 atom stereocenters. The van der Waals surface area contributed by atoms with Crippen molar-refractivity contribution in [3.8, 4) is 23.1 Å². The standard InChI is InChI=1S/C21H16F6N2O3/c1-31-18-9-14(22)4-5-16(18)32-17-8-13(20(23,24)21(25,26)27)3-2-12(17)11-29-15-6-7-28-19(30)10-15/h2-10H,11H2,1H3,(H2,28,29,30)/p-1. The van der Waals surface area contributed by atoms with Crippen LogP contribution >= 0.6 is 0 Å². The van der Waals surface area contributed by atoms with Gasteiger partial charge in [0.1, 0.15) is 11.6 Å². The molecular formula is C21H15F6N2O3-. The van der Waals surface area contributed by atoms with E-state index in [1.54, 1.807) is 0 Å². The summed E-state index contributed by atoms with van der Waals surface area (Å²) in [5.74, 6) is -6.87. The summed E-state index contributed by atoms with van der Waals surface area (Å²) in [7, 11) is 1.21. The first-order valence-corrected chi connectivity index (χ1v) is 8.97. The Bertz CT molecular complexity index is 1110. The minimum absolute atomic E-state index is 0.0953. The minimum atomic E-state index is -5.82. The van der Waals surface area contributed by atoms with E-state index < -0.39 is 29.4 Å². The molecule has 0 saturated carbocycles. The Labute approximate surface area is 178 Å². The molecule has 170 valence electrons. The maximum atomic E-state index is 13.9. The van der Waals surface area contributed by atoms with Crippen molar-refractivity contribution in [1.82, 2.24) is 4.98 Å². The van der Waals surface area contributed by atoms with Gasteiger partial charge in [-0.3, -0.25) is 4.98 Å². The number of nitrogens with one attached hydrogen (secondary N) is 1. The number of nitrogens with zero attached hydrogens (tertiary/aromatic N) is 1. The fraction of sp³-hybridized carbons (Fsp3) is 0.190. The zero-order valence-electron chi connectivity index (χ0n) is 16.3. The molecule has 5 nitrogen and oxygen atoms in total. The molecule has 0 aliphatic rings. The van der Waals surface area contributed by atoms with Crippen LogP contribution in [0, 0.1) is 5.82 Å². The lowest BCUT2D eigenvalue weighted by molar-refractivity contribution is -0.289. The molecular weight excluding hydrogens is 442 g/mol. The van der Waals surface area contributed by atoms with Gasteiger partial charge in [0.05, 0.1) is 7.11 Å². The number of methoxy groups -OCH3 is 1. The van der Waals surface area contributed by atoms with Gasteiger partial charge in [0, 0.05) is 35.6 Å². The van der Waals surface area contributed by atoms with Crippen LogP contribution in [0.2, 0.25) is 0 Å². The normalized spacial score (nSPS) is 11.8. The van der Waals surface area contributed by atoms with Crippen LogP contribution < -0.4 is 19.9 Å². The third-order valence-electron chi connectivity index (χ3n) is 4.35. The molecule has 0 amide bonds. The lowest BCUT2D eigenvalue weighted by Crippen LogP contribution is -2.33. The first kappa shape index (κ1) is 23.0. The van der Waals surface area contributed by atoms with Gasteiger partial charge in [-0.2, -0.15) is 22.0 Å². The maximum Gasteiger partial charge on any atom is 0.458 e. The molecule has 1 aromatic heterocycles. The molecule has 3 rings (SSSR count). The van der Waals surface area contributed by atoms with Crippen LogP contribution in [0.15, 0.2) is 54.7 Å². The Hall–Kier alpha value is -3.63. The number of ether oxygens (including phenoxy) is 2. The lowest BCUT2D eigenvalue weighted by atomic mass is 10.0. The highest BCUT2D eigenvalue weighted by molar-refractivity contribution is 5.50. The largest absolute Gasteiger partial charge is 0.859 e. The van der Waals surface area contributed by atoms with E-state index in [0.717, 1.165) is 24.3 Å². The van der Waals surface area contributed by atoms with Crippen molar-refractivity contribution in [3.63, 3.8) is 0 Å². The van der Waals surface area contributed by atoms with E-state index in [0.29, 0.717) is 17.8 Å². The second-order valence-electron chi connectivity index (χ2n) is 6.53. The number of rotatable bonds is 7. The Kier molecular flexibility index (Phi) is 6.37. The second kappa shape index (κ2) is 8.85. The fourth-order valence-corrected chi connectivity index (χ4v) is 2.72. The fourth-order valence-electron chi connectivity index (χ4n) is 2.72. The predicted octanol–water partition coefficient (Wildman–Crippen LogP) is 5.36. The number of pyridine rings is 1. The maximum absolute atomic E-state index is 13.9. The molecule has 0 spiro atoms. The second-order valence-corrected chi connectivity index (χ2v) is 6.53. The van der Waals surface area contributed by atoms with E-state index >= 15 is 0 Å². The average molecular weight is 457 g/mol. The highest BCUT2D eigenvalue weighted by Gasteiger charge is 2.58. The van der Waals surface area contributed by atoms with Crippen LogP contribution in [0.5, 0.6) is 23.1 Å². The van der Waals surface area contributed by atoms with Crippen molar-refractivity contribution in [2.75, 3.05) is 12.4 Å². The highest BCUT2D eigenvalue weighted by atomic mass is 19.4. The number of halogens is 6. The minimum Gasteiger partial charge on any atom is -0.859 e. The molecule has 1 heterocycles. The summed E-state index contributed by atoms with van der Waals surface area (Å²) in [4.78, 5) is 3.50. The molecule has 0 fully saturated rings. The van der Waals surface area contributed by atoms with Gasteiger partial charge in [0.15, 0.2) is 11.5 Å². The van der Waals surface area contributed by atoms with Crippen molar-refractivity contribution in [3.05, 3.63) is 71.7 Å². The number of anilines is 1. The van der Waals surface area contributed by atoms with Crippen molar-refractivity contribution < 1.29 is 40.9 Å². The SMILES string of the molecule is COc1cc(F)ccc1Oc1cc(C(F)(F)C(F)(F)F)ccc1CNc1ccnc([O-])c1. The third kappa shape index (κ3) is 4.98. The molecule has 0 radical (unpaired) electrons. The average Bonchev–Trinajstić information content (AvgIpc) is 2.73. The van der Waals surface area contributed by atoms with Crippen LogP contribution in [0.4, 0.5) is 32.0 Å². The van der Waals surface area contributed by atoms with Gasteiger partial charge in [-0.15, -0.1) is 0 Å². The Morgan fingerprint density at radius 3 is 2.34 bits per heavy atom. The van der Waals surface area contributed by atoms with E-state index in [-0.39, 0.29) is 29.4 Å². The van der Waals surface area contributed by atoms with Crippen molar-refractivity contribution >= 4 is 5.69 Å². The topological polar surface area (TPSA) is 66.4 Å². The molecule has 0 saturated heterocycles. The van der Waals surface area contributed by atoms with Gasteiger partial charge >= 0.3 is 12.1 Å². The smallest absolute Gasteiger partial charge is 0.458 e. The van der Waals surface area contributed by atoms with Gasteiger partial charge in [-0.25, -0.2) is 4.39 Å². The number of hydrogen-bond donors (Lipinski definition) is 1. The molecule has 1 N–H and O–H groups in total. The third-order valence-corrected chi connectivity index (χ3v) is 4.35. The lowest BCUT2D eigenvalue weighted by Gasteiger charge is -2.22. The summed E-state index contributed by atoms with van der Waals surface area (Å²) >= 11 is 0. The summed E-state index contributed by atoms with van der Waals surface area (Å²) in [6, 6.07) is 7.99. The van der Waals surface area contributed by atoms with E-state index in [2.05, 4.69) is 10.3 Å². The summed E-state index contributed by atoms with van der Waals surface area (Å²) in [5.41, 5.74) is -0.807. The number of benzene rings is 2. The molecule has 3 aromatic rings. The van der Waals surface area contributed by atoms with Gasteiger partial charge in [-0.1, -0.05) is 12.1 Å². The molecule has 0 unspecified atom stereocenters. The highest BCUT2D eigenvalue weighted by Crippen LogP contribution is 2.45. The Morgan fingerprint density at radius 2 is 1.69 bits per heavy atom. The van der Waals surface area contributed by atoms with Crippen LogP contribution in [-0.4, -0.2) is 18.3 Å². The van der Waals surface area contributed by atoms with Crippen LogP contribution in [-0.2, 0) is 12.5 Å². The molecule has 32 heavy (non-hydrogen) atoms. The van der Waals surface area contributed by atoms with E-state index in [1.807, 2.05) is 0 Å². The predicted molar refractivity (Wildman–Crippen MR) is 100 cm³/mol. The first-order valence-electron chi connectivity index (χ1n) is 8.97. The van der Waals surface area contributed by atoms with E-state index in [4.69, 9.17) is 9.47 Å². The summed E-state index contributed by atoms with van der Waals surface area (Å²) in [5, 5.41) is 14.2. The van der Waals surface area contributed by atoms with Gasteiger partial charge in [0.2, 0.25) is 0 Å². The monoisotopic (exact) mass is 457 g/mol. The zero-order valence-corrected chi connectivity index (χ0v) is 16.3. The van der Waals surface area contributed by atoms with Crippen molar-refractivity contribution in [1.29, 1.82) is 0 Å². The summed E-state index contributed by atoms with van der Waals surface area (Å²) in [6.45, 7) is -0.0971. The van der Waals surface area contributed by atoms with Crippen LogP contribution in [0.25, 0.3) is 0 Å². The summed E-state index contributed by atoms with van der Waals surface area (Å²) < 4.78 is 90.3. The van der Waals surface area contributed by atoms with Crippen molar-refractivity contribution in [2.45, 2.75) is 18.6 Å². The molecule has 0 aliphatic heterocycles. The number of alkyl halides is 5. The number of aromatic nitrogens is 1. The van der Waals surface area contributed by atoms with Gasteiger partial charge in [0.25, 0.3) is 0 Å². The molecule has 0 aliphatic carbocycles. The Morgan fingerprint density at radius 1 is 0.938 bits per heavy atom. The zero-order chi connectivity index (χ0) is 23.5. The number of hydrogen-bond acceptors (Lipinski definition) is 5. The molecule has 2 aromatic carbocycles. The van der Waals surface area contributed by atoms with E-state index in [9.17, 15) is 31.4 Å². The van der Waals surface area contributed by atoms with Gasteiger partial charge < -0.3 is 19.9 Å². The van der Waals surface area contributed by atoms with E-state index in [1.165, 1.54) is 25.4 Å². The molecule has 0 bridgehead atoms.